The van der Waals surface area contributed by atoms with Gasteiger partial charge >= 0.3 is 0 Å². The number of amides is 1. The molecule has 1 N–H and O–H groups in total. The number of carbonyl (C=O) groups is 2. The number of benzene rings is 2. The maximum Gasteiger partial charge on any atom is 0.226 e. The zero-order valence-electron chi connectivity index (χ0n) is 16.7. The average molecular weight is 406 g/mol. The molecule has 148 valence electrons. The number of anilines is 1. The molecule has 29 heavy (non-hydrogen) atoms. The van der Waals surface area contributed by atoms with E-state index in [0.29, 0.717) is 28.1 Å². The van der Waals surface area contributed by atoms with Crippen molar-refractivity contribution in [2.75, 3.05) is 12.4 Å². The van der Waals surface area contributed by atoms with Gasteiger partial charge in [0.1, 0.15) is 5.75 Å². The van der Waals surface area contributed by atoms with Crippen molar-refractivity contribution in [1.29, 1.82) is 0 Å². The number of ketones is 1. The lowest BCUT2D eigenvalue weighted by Gasteiger charge is -2.13. The third kappa shape index (κ3) is 4.63. The first kappa shape index (κ1) is 20.6. The van der Waals surface area contributed by atoms with Gasteiger partial charge in [0.05, 0.1) is 7.11 Å². The SMILES string of the molecule is C=C(C(=O)c1ccc(NC(=O)C(C)C)cc1)c1cc(-c2cccs2)ccc1OC. The normalized spacial score (nSPS) is 10.6. The molecule has 0 spiro atoms. The van der Waals surface area contributed by atoms with Gasteiger partial charge < -0.3 is 10.1 Å². The second kappa shape index (κ2) is 8.88. The fourth-order valence-corrected chi connectivity index (χ4v) is 3.55. The molecule has 3 rings (SSSR count). The van der Waals surface area contributed by atoms with Gasteiger partial charge in [-0.2, -0.15) is 0 Å². The summed E-state index contributed by atoms with van der Waals surface area (Å²) in [7, 11) is 1.58. The molecular weight excluding hydrogens is 382 g/mol. The summed E-state index contributed by atoms with van der Waals surface area (Å²) >= 11 is 1.63. The zero-order valence-corrected chi connectivity index (χ0v) is 17.5. The highest BCUT2D eigenvalue weighted by molar-refractivity contribution is 7.13. The number of carbonyl (C=O) groups excluding carboxylic acids is 2. The van der Waals surface area contributed by atoms with E-state index in [1.165, 1.54) is 0 Å². The van der Waals surface area contributed by atoms with E-state index >= 15 is 0 Å². The fraction of sp³-hybridized carbons (Fsp3) is 0.167. The number of hydrogen-bond donors (Lipinski definition) is 1. The highest BCUT2D eigenvalue weighted by Crippen LogP contribution is 2.34. The number of Topliss-reactive ketones (excluding diaryl/α,β-unsaturated/α-hetero) is 1. The number of methoxy groups -OCH3 is 1. The van der Waals surface area contributed by atoms with Crippen molar-refractivity contribution < 1.29 is 14.3 Å². The Kier molecular flexibility index (Phi) is 6.29. The third-order valence-corrected chi connectivity index (χ3v) is 5.46. The maximum absolute atomic E-state index is 13.0. The van der Waals surface area contributed by atoms with Crippen molar-refractivity contribution in [3.63, 3.8) is 0 Å². The smallest absolute Gasteiger partial charge is 0.226 e. The molecule has 5 heteroatoms. The summed E-state index contributed by atoms with van der Waals surface area (Å²) in [5.41, 5.74) is 3.19. The predicted octanol–water partition coefficient (Wildman–Crippen LogP) is 5.91. The van der Waals surface area contributed by atoms with Crippen molar-refractivity contribution in [2.45, 2.75) is 13.8 Å². The van der Waals surface area contributed by atoms with Crippen LogP contribution < -0.4 is 10.1 Å². The summed E-state index contributed by atoms with van der Waals surface area (Å²) in [6, 6.07) is 16.6. The molecule has 1 heterocycles. The lowest BCUT2D eigenvalue weighted by atomic mass is 9.95. The van der Waals surface area contributed by atoms with E-state index in [2.05, 4.69) is 11.9 Å². The van der Waals surface area contributed by atoms with Gasteiger partial charge in [0.15, 0.2) is 5.78 Å². The minimum atomic E-state index is -0.187. The summed E-state index contributed by atoms with van der Waals surface area (Å²) in [4.78, 5) is 25.9. The fourth-order valence-electron chi connectivity index (χ4n) is 2.83. The summed E-state index contributed by atoms with van der Waals surface area (Å²) in [5.74, 6) is 0.237. The zero-order chi connectivity index (χ0) is 21.0. The van der Waals surface area contributed by atoms with Crippen LogP contribution >= 0.6 is 11.3 Å². The Bertz CT molecular complexity index is 1030. The lowest BCUT2D eigenvalue weighted by Crippen LogP contribution is -2.17. The van der Waals surface area contributed by atoms with Crippen molar-refractivity contribution >= 4 is 34.3 Å². The van der Waals surface area contributed by atoms with Crippen LogP contribution in [0, 0.1) is 5.92 Å². The van der Waals surface area contributed by atoms with Crippen LogP contribution in [0.4, 0.5) is 5.69 Å². The largest absolute Gasteiger partial charge is 0.496 e. The Morgan fingerprint density at radius 1 is 1.07 bits per heavy atom. The van der Waals surface area contributed by atoms with E-state index in [9.17, 15) is 9.59 Å². The van der Waals surface area contributed by atoms with E-state index in [0.717, 1.165) is 10.4 Å². The molecule has 0 unspecified atom stereocenters. The van der Waals surface area contributed by atoms with Crippen molar-refractivity contribution in [3.05, 3.63) is 77.7 Å². The number of thiophene rings is 1. The summed E-state index contributed by atoms with van der Waals surface area (Å²) in [6.07, 6.45) is 0. The molecule has 1 amide bonds. The first-order chi connectivity index (χ1) is 13.9. The van der Waals surface area contributed by atoms with Crippen LogP contribution in [0.1, 0.15) is 29.8 Å². The second-order valence-corrected chi connectivity index (χ2v) is 7.87. The number of allylic oxidation sites excluding steroid dienone is 1. The molecule has 2 aromatic carbocycles. The van der Waals surface area contributed by atoms with Crippen LogP contribution in [0.2, 0.25) is 0 Å². The minimum absolute atomic E-state index is 0.0661. The molecule has 0 saturated carbocycles. The van der Waals surface area contributed by atoms with Crippen LogP contribution in [0.3, 0.4) is 0 Å². The molecular formula is C24H23NO3S. The van der Waals surface area contributed by atoms with Gasteiger partial charge in [-0.05, 0) is 59.5 Å². The first-order valence-electron chi connectivity index (χ1n) is 9.27. The molecule has 0 aliphatic heterocycles. The Balaban J connectivity index is 1.85. The minimum Gasteiger partial charge on any atom is -0.496 e. The third-order valence-electron chi connectivity index (χ3n) is 4.54. The molecule has 1 aromatic heterocycles. The molecule has 0 fully saturated rings. The van der Waals surface area contributed by atoms with Crippen LogP contribution in [0.25, 0.3) is 16.0 Å². The highest BCUT2D eigenvalue weighted by atomic mass is 32.1. The van der Waals surface area contributed by atoms with Crippen LogP contribution in [-0.2, 0) is 4.79 Å². The average Bonchev–Trinajstić information content (AvgIpc) is 3.27. The van der Waals surface area contributed by atoms with E-state index < -0.39 is 0 Å². The number of nitrogens with one attached hydrogen (secondary N) is 1. The number of rotatable bonds is 7. The Hall–Kier alpha value is -3.18. The predicted molar refractivity (Wildman–Crippen MR) is 120 cm³/mol. The van der Waals surface area contributed by atoms with Gasteiger partial charge in [-0.25, -0.2) is 0 Å². The Labute approximate surface area is 174 Å². The molecule has 0 saturated heterocycles. The van der Waals surface area contributed by atoms with Crippen molar-refractivity contribution in [2.24, 2.45) is 5.92 Å². The van der Waals surface area contributed by atoms with E-state index in [1.54, 1.807) is 42.7 Å². The lowest BCUT2D eigenvalue weighted by molar-refractivity contribution is -0.118. The summed E-state index contributed by atoms with van der Waals surface area (Å²) < 4.78 is 5.45. The molecule has 3 aromatic rings. The van der Waals surface area contributed by atoms with E-state index in [4.69, 9.17) is 4.74 Å². The molecule has 0 atom stereocenters. The van der Waals surface area contributed by atoms with Gasteiger partial charge in [-0.15, -0.1) is 11.3 Å². The van der Waals surface area contributed by atoms with Crippen LogP contribution in [0.5, 0.6) is 5.75 Å². The van der Waals surface area contributed by atoms with Crippen LogP contribution in [-0.4, -0.2) is 18.8 Å². The van der Waals surface area contributed by atoms with Gasteiger partial charge in [0, 0.05) is 33.2 Å². The Morgan fingerprint density at radius 3 is 2.38 bits per heavy atom. The van der Waals surface area contributed by atoms with Crippen LogP contribution in [0.15, 0.2) is 66.6 Å². The molecule has 0 radical (unpaired) electrons. The van der Waals surface area contributed by atoms with E-state index in [1.807, 2.05) is 49.6 Å². The summed E-state index contributed by atoms with van der Waals surface area (Å²) in [6.45, 7) is 7.69. The van der Waals surface area contributed by atoms with Gasteiger partial charge in [-0.3, -0.25) is 9.59 Å². The van der Waals surface area contributed by atoms with Crippen molar-refractivity contribution in [3.8, 4) is 16.2 Å². The Morgan fingerprint density at radius 2 is 1.79 bits per heavy atom. The maximum atomic E-state index is 13.0. The molecule has 0 aliphatic carbocycles. The standard InChI is InChI=1S/C24H23NO3S/c1-15(2)24(27)25-19-10-7-17(8-11-19)23(26)16(3)20-14-18(9-12-21(20)28-4)22-6-5-13-29-22/h5-15H,3H2,1-2,4H3,(H,25,27). The molecule has 0 bridgehead atoms. The van der Waals surface area contributed by atoms with E-state index in [-0.39, 0.29) is 17.6 Å². The highest BCUT2D eigenvalue weighted by Gasteiger charge is 2.17. The number of hydrogen-bond acceptors (Lipinski definition) is 4. The van der Waals surface area contributed by atoms with Gasteiger partial charge in [0.25, 0.3) is 0 Å². The quantitative estimate of drug-likeness (QED) is 0.392. The topological polar surface area (TPSA) is 55.4 Å². The van der Waals surface area contributed by atoms with Crippen molar-refractivity contribution in [1.82, 2.24) is 0 Å². The first-order valence-corrected chi connectivity index (χ1v) is 10.2. The van der Waals surface area contributed by atoms with Gasteiger partial charge in [0.2, 0.25) is 5.91 Å². The van der Waals surface area contributed by atoms with Gasteiger partial charge in [-0.1, -0.05) is 26.5 Å². The molecule has 0 aliphatic rings. The second-order valence-electron chi connectivity index (χ2n) is 6.92. The number of ether oxygens (including phenoxy) is 1. The summed E-state index contributed by atoms with van der Waals surface area (Å²) in [5, 5.41) is 4.83. The molecule has 4 nitrogen and oxygen atoms in total. The monoisotopic (exact) mass is 405 g/mol.